The first-order valence-electron chi connectivity index (χ1n) is 8.85. The molecule has 128 valence electrons. The maximum atomic E-state index is 12.1. The number of benzene rings is 1. The molecule has 3 heteroatoms. The van der Waals surface area contributed by atoms with Crippen LogP contribution in [0.3, 0.4) is 0 Å². The number of hydrogen-bond donors (Lipinski definition) is 0. The zero-order valence-corrected chi connectivity index (χ0v) is 14.9. The lowest BCUT2D eigenvalue weighted by Gasteiger charge is -2.17. The van der Waals surface area contributed by atoms with Crippen LogP contribution in [0.2, 0.25) is 0 Å². The molecular weight excluding hydrogens is 286 g/mol. The van der Waals surface area contributed by atoms with E-state index in [1.165, 1.54) is 50.7 Å². The highest BCUT2D eigenvalue weighted by atomic mass is 16.7. The van der Waals surface area contributed by atoms with Crippen molar-refractivity contribution in [1.82, 2.24) is 5.06 Å². The molecule has 0 aliphatic heterocycles. The lowest BCUT2D eigenvalue weighted by Crippen LogP contribution is -2.29. The van der Waals surface area contributed by atoms with Gasteiger partial charge in [-0.25, -0.2) is 5.06 Å². The van der Waals surface area contributed by atoms with Gasteiger partial charge in [-0.3, -0.25) is 9.63 Å². The molecule has 1 aromatic rings. The Labute approximate surface area is 141 Å². The van der Waals surface area contributed by atoms with Gasteiger partial charge in [0, 0.05) is 12.1 Å². The van der Waals surface area contributed by atoms with Crippen LogP contribution in [0, 0.1) is 0 Å². The van der Waals surface area contributed by atoms with Gasteiger partial charge in [0.1, 0.15) is 0 Å². The molecule has 3 nitrogen and oxygen atoms in total. The molecule has 0 unspecified atom stereocenters. The Bertz CT molecular complexity index is 461. The molecule has 23 heavy (non-hydrogen) atoms. The maximum Gasteiger partial charge on any atom is 0.277 e. The standard InChI is InChI=1S/C20H31NO2/c1-4-6-7-8-9-10-11-12-13-18-14-16-19(17-15-18)20(22)21(5-2)23-3/h12-17H,4-11H2,1-3H3/b13-12+. The summed E-state index contributed by atoms with van der Waals surface area (Å²) < 4.78 is 0. The minimum atomic E-state index is -0.0994. The fourth-order valence-corrected chi connectivity index (χ4v) is 2.50. The zero-order chi connectivity index (χ0) is 16.9. The first kappa shape index (κ1) is 19.4. The topological polar surface area (TPSA) is 29.5 Å². The molecule has 0 bridgehead atoms. The van der Waals surface area contributed by atoms with Crippen LogP contribution >= 0.6 is 0 Å². The van der Waals surface area contributed by atoms with E-state index in [1.807, 2.05) is 31.2 Å². The Hall–Kier alpha value is -1.61. The summed E-state index contributed by atoms with van der Waals surface area (Å²) in [7, 11) is 1.51. The maximum absolute atomic E-state index is 12.1. The van der Waals surface area contributed by atoms with Gasteiger partial charge in [0.2, 0.25) is 0 Å². The Morgan fingerprint density at radius 3 is 2.30 bits per heavy atom. The molecule has 0 N–H and O–H groups in total. The lowest BCUT2D eigenvalue weighted by atomic mass is 10.1. The van der Waals surface area contributed by atoms with E-state index in [0.29, 0.717) is 12.1 Å². The Kier molecular flexibility index (Phi) is 10.0. The van der Waals surface area contributed by atoms with Crippen molar-refractivity contribution in [3.63, 3.8) is 0 Å². The summed E-state index contributed by atoms with van der Waals surface area (Å²) >= 11 is 0. The van der Waals surface area contributed by atoms with Crippen LogP contribution in [0.4, 0.5) is 0 Å². The van der Waals surface area contributed by atoms with Gasteiger partial charge in [-0.05, 0) is 37.5 Å². The summed E-state index contributed by atoms with van der Waals surface area (Å²) in [5.74, 6) is -0.0994. The fourth-order valence-electron chi connectivity index (χ4n) is 2.50. The second-order valence-corrected chi connectivity index (χ2v) is 5.76. The predicted octanol–water partition coefficient (Wildman–Crippen LogP) is 5.47. The van der Waals surface area contributed by atoms with E-state index in [0.717, 1.165) is 12.0 Å². The van der Waals surface area contributed by atoms with Crippen LogP contribution in [0.25, 0.3) is 6.08 Å². The molecule has 0 aliphatic rings. The number of carbonyl (C=O) groups excluding carboxylic acids is 1. The SMILES string of the molecule is CCCCCCCC/C=C/c1ccc(C(=O)N(CC)OC)cc1. The number of allylic oxidation sites excluding steroid dienone is 1. The molecule has 0 saturated carbocycles. The summed E-state index contributed by atoms with van der Waals surface area (Å²) in [5.41, 5.74) is 1.79. The minimum absolute atomic E-state index is 0.0994. The number of carbonyl (C=O) groups is 1. The van der Waals surface area contributed by atoms with Gasteiger partial charge in [0.15, 0.2) is 0 Å². The monoisotopic (exact) mass is 317 g/mol. The fraction of sp³-hybridized carbons (Fsp3) is 0.550. The van der Waals surface area contributed by atoms with E-state index in [2.05, 4.69) is 19.1 Å². The first-order valence-corrected chi connectivity index (χ1v) is 8.85. The van der Waals surface area contributed by atoms with Crippen molar-refractivity contribution in [2.45, 2.75) is 58.8 Å². The number of unbranched alkanes of at least 4 members (excludes halogenated alkanes) is 6. The third-order valence-electron chi connectivity index (χ3n) is 3.93. The largest absolute Gasteiger partial charge is 0.277 e. The number of amides is 1. The van der Waals surface area contributed by atoms with Crippen LogP contribution in [-0.2, 0) is 4.84 Å². The third-order valence-corrected chi connectivity index (χ3v) is 3.93. The molecule has 1 rings (SSSR count). The van der Waals surface area contributed by atoms with Crippen molar-refractivity contribution >= 4 is 12.0 Å². The van der Waals surface area contributed by atoms with Crippen molar-refractivity contribution in [3.05, 3.63) is 41.5 Å². The second-order valence-electron chi connectivity index (χ2n) is 5.76. The second kappa shape index (κ2) is 11.9. The van der Waals surface area contributed by atoms with E-state index in [4.69, 9.17) is 4.84 Å². The van der Waals surface area contributed by atoms with E-state index in [9.17, 15) is 4.79 Å². The van der Waals surface area contributed by atoms with Gasteiger partial charge in [-0.2, -0.15) is 0 Å². The molecular formula is C20H31NO2. The number of hydroxylamine groups is 2. The van der Waals surface area contributed by atoms with Crippen molar-refractivity contribution in [1.29, 1.82) is 0 Å². The molecule has 1 aromatic carbocycles. The molecule has 0 radical (unpaired) electrons. The smallest absolute Gasteiger partial charge is 0.274 e. The molecule has 1 amide bonds. The quantitative estimate of drug-likeness (QED) is 0.400. The van der Waals surface area contributed by atoms with Gasteiger partial charge < -0.3 is 0 Å². The Balaban J connectivity index is 2.36. The molecule has 0 spiro atoms. The number of rotatable bonds is 11. The normalized spacial score (nSPS) is 11.1. The number of nitrogens with zero attached hydrogens (tertiary/aromatic N) is 1. The molecule has 0 aliphatic carbocycles. The first-order chi connectivity index (χ1) is 11.2. The summed E-state index contributed by atoms with van der Waals surface area (Å²) in [4.78, 5) is 17.2. The highest BCUT2D eigenvalue weighted by Crippen LogP contribution is 2.11. The van der Waals surface area contributed by atoms with Crippen LogP contribution in [0.5, 0.6) is 0 Å². The molecule has 0 atom stereocenters. The van der Waals surface area contributed by atoms with E-state index in [-0.39, 0.29) is 5.91 Å². The summed E-state index contributed by atoms with van der Waals surface area (Å²) in [6.07, 6.45) is 13.5. The van der Waals surface area contributed by atoms with Gasteiger partial charge in [-0.15, -0.1) is 0 Å². The third kappa shape index (κ3) is 7.47. The summed E-state index contributed by atoms with van der Waals surface area (Å²) in [6, 6.07) is 7.67. The molecule has 0 heterocycles. The Morgan fingerprint density at radius 2 is 1.70 bits per heavy atom. The predicted molar refractivity (Wildman–Crippen MR) is 97.2 cm³/mol. The number of hydrogen-bond acceptors (Lipinski definition) is 2. The van der Waals surface area contributed by atoms with E-state index in [1.54, 1.807) is 0 Å². The highest BCUT2D eigenvalue weighted by Gasteiger charge is 2.12. The van der Waals surface area contributed by atoms with Gasteiger partial charge in [0.05, 0.1) is 7.11 Å². The van der Waals surface area contributed by atoms with E-state index >= 15 is 0 Å². The average Bonchev–Trinajstić information content (AvgIpc) is 2.59. The summed E-state index contributed by atoms with van der Waals surface area (Å²) in [6.45, 7) is 4.67. The summed E-state index contributed by atoms with van der Waals surface area (Å²) in [5, 5.41) is 1.35. The Morgan fingerprint density at radius 1 is 1.04 bits per heavy atom. The van der Waals surface area contributed by atoms with Crippen molar-refractivity contribution < 1.29 is 9.63 Å². The van der Waals surface area contributed by atoms with Crippen LogP contribution < -0.4 is 0 Å². The van der Waals surface area contributed by atoms with Gasteiger partial charge in [-0.1, -0.05) is 63.3 Å². The van der Waals surface area contributed by atoms with Gasteiger partial charge in [0.25, 0.3) is 5.91 Å². The molecule has 0 aromatic heterocycles. The van der Waals surface area contributed by atoms with Crippen molar-refractivity contribution in [3.8, 4) is 0 Å². The molecule has 0 fully saturated rings. The zero-order valence-electron chi connectivity index (χ0n) is 14.9. The van der Waals surface area contributed by atoms with Crippen molar-refractivity contribution in [2.24, 2.45) is 0 Å². The van der Waals surface area contributed by atoms with Crippen LogP contribution in [-0.4, -0.2) is 24.6 Å². The van der Waals surface area contributed by atoms with Gasteiger partial charge >= 0.3 is 0 Å². The highest BCUT2D eigenvalue weighted by molar-refractivity contribution is 5.93. The van der Waals surface area contributed by atoms with E-state index < -0.39 is 0 Å². The average molecular weight is 317 g/mol. The van der Waals surface area contributed by atoms with Crippen LogP contribution in [0.15, 0.2) is 30.3 Å². The lowest BCUT2D eigenvalue weighted by molar-refractivity contribution is -0.0915. The van der Waals surface area contributed by atoms with Crippen molar-refractivity contribution in [2.75, 3.05) is 13.7 Å². The van der Waals surface area contributed by atoms with Crippen LogP contribution in [0.1, 0.15) is 74.7 Å². The minimum Gasteiger partial charge on any atom is -0.274 e. The molecule has 0 saturated heterocycles.